The maximum absolute atomic E-state index is 13.3. The first-order valence-corrected chi connectivity index (χ1v) is 9.96. The minimum Gasteiger partial charge on any atom is -0.383 e. The molecule has 6 nitrogen and oxygen atoms in total. The van der Waals surface area contributed by atoms with E-state index in [9.17, 15) is 9.18 Å². The molecule has 150 valence electrons. The van der Waals surface area contributed by atoms with Crippen LogP contribution >= 0.6 is 11.6 Å². The van der Waals surface area contributed by atoms with Crippen LogP contribution in [-0.4, -0.2) is 53.4 Å². The number of nitrogens with zero attached hydrogens (tertiary/aromatic N) is 4. The van der Waals surface area contributed by atoms with Crippen molar-refractivity contribution in [2.45, 2.75) is 38.4 Å². The van der Waals surface area contributed by atoms with E-state index in [4.69, 9.17) is 16.3 Å². The second-order valence-electron chi connectivity index (χ2n) is 7.38. The molecule has 1 saturated heterocycles. The van der Waals surface area contributed by atoms with Gasteiger partial charge >= 0.3 is 0 Å². The average molecular weight is 407 g/mol. The molecule has 1 atom stereocenters. The first kappa shape index (κ1) is 19.2. The largest absolute Gasteiger partial charge is 0.383 e. The number of rotatable bonds is 5. The van der Waals surface area contributed by atoms with Gasteiger partial charge in [0.25, 0.3) is 0 Å². The minimum atomic E-state index is -0.472. The van der Waals surface area contributed by atoms with E-state index in [1.807, 2.05) is 15.8 Å². The van der Waals surface area contributed by atoms with Crippen LogP contribution in [0.25, 0.3) is 0 Å². The Bertz CT molecular complexity index is 872. The lowest BCUT2D eigenvalue weighted by Gasteiger charge is -2.31. The maximum atomic E-state index is 13.3. The third kappa shape index (κ3) is 3.73. The van der Waals surface area contributed by atoms with Gasteiger partial charge in [-0.1, -0.05) is 17.7 Å². The summed E-state index contributed by atoms with van der Waals surface area (Å²) in [5.74, 6) is -0.462. The predicted molar refractivity (Wildman–Crippen MR) is 105 cm³/mol. The number of hydrogen-bond acceptors (Lipinski definition) is 4. The number of benzene rings is 1. The van der Waals surface area contributed by atoms with Crippen molar-refractivity contribution in [1.29, 1.82) is 0 Å². The van der Waals surface area contributed by atoms with E-state index in [1.165, 1.54) is 12.1 Å². The Morgan fingerprint density at radius 2 is 2.21 bits per heavy atom. The van der Waals surface area contributed by atoms with Gasteiger partial charge in [0.2, 0.25) is 5.91 Å². The van der Waals surface area contributed by atoms with Crippen molar-refractivity contribution >= 4 is 23.2 Å². The summed E-state index contributed by atoms with van der Waals surface area (Å²) < 4.78 is 20.7. The quantitative estimate of drug-likeness (QED) is 0.766. The van der Waals surface area contributed by atoms with Gasteiger partial charge in [0, 0.05) is 20.2 Å². The highest BCUT2D eigenvalue weighted by atomic mass is 35.5. The summed E-state index contributed by atoms with van der Waals surface area (Å²) in [5, 5.41) is 4.58. The molecule has 0 bridgehead atoms. The highest BCUT2D eigenvalue weighted by Crippen LogP contribution is 2.31. The first-order valence-electron chi connectivity index (χ1n) is 9.59. The van der Waals surface area contributed by atoms with Crippen LogP contribution in [0.1, 0.15) is 24.1 Å². The number of ether oxygens (including phenoxy) is 1. The van der Waals surface area contributed by atoms with E-state index >= 15 is 0 Å². The molecule has 8 heteroatoms. The average Bonchev–Trinajstić information content (AvgIpc) is 3.30. The Kier molecular flexibility index (Phi) is 5.55. The summed E-state index contributed by atoms with van der Waals surface area (Å²) in [6.45, 7) is 3.49. The Labute approximate surface area is 168 Å². The third-order valence-electron chi connectivity index (χ3n) is 5.59. The summed E-state index contributed by atoms with van der Waals surface area (Å²) >= 11 is 5.84. The molecule has 1 unspecified atom stereocenters. The highest BCUT2D eigenvalue weighted by molar-refractivity contribution is 6.30. The molecule has 1 amide bonds. The van der Waals surface area contributed by atoms with Gasteiger partial charge in [-0.05, 0) is 30.5 Å². The first-order chi connectivity index (χ1) is 13.6. The molecular weight excluding hydrogens is 383 g/mol. The fourth-order valence-electron chi connectivity index (χ4n) is 4.14. The number of aromatic nitrogens is 2. The number of carbonyl (C=O) groups excluding carboxylic acids is 1. The standard InChI is InChI=1S/C20H24ClFN4O2/c1-28-13-15-3-2-6-25(15)18-11-23-26-8-7-24(12-19(18)26)20(27)10-14-4-5-17(22)16(21)9-14/h4-5,9,11,15H,2-3,6-8,10,12-13H2,1H3. The molecule has 0 aliphatic carbocycles. The lowest BCUT2D eigenvalue weighted by molar-refractivity contribution is -0.131. The SMILES string of the molecule is COCC1CCCN1c1cnn2c1CN(C(=O)Cc1ccc(F)c(Cl)c1)CC2. The Morgan fingerprint density at radius 3 is 3.00 bits per heavy atom. The Hall–Kier alpha value is -2.12. The number of halogens is 2. The van der Waals surface area contributed by atoms with Gasteiger partial charge in [0.15, 0.2) is 0 Å². The normalized spacial score (nSPS) is 19.2. The Balaban J connectivity index is 1.49. The molecule has 3 heterocycles. The zero-order valence-electron chi connectivity index (χ0n) is 15.9. The summed E-state index contributed by atoms with van der Waals surface area (Å²) in [6.07, 6.45) is 4.36. The van der Waals surface area contributed by atoms with Crippen molar-refractivity contribution in [2.75, 3.05) is 31.7 Å². The van der Waals surface area contributed by atoms with E-state index in [0.29, 0.717) is 32.3 Å². The van der Waals surface area contributed by atoms with E-state index in [-0.39, 0.29) is 17.4 Å². The molecule has 0 radical (unpaired) electrons. The molecular formula is C20H24ClFN4O2. The fourth-order valence-corrected chi connectivity index (χ4v) is 4.34. The topological polar surface area (TPSA) is 50.6 Å². The fraction of sp³-hybridized carbons (Fsp3) is 0.500. The van der Waals surface area contributed by atoms with Crippen molar-refractivity contribution < 1.29 is 13.9 Å². The van der Waals surface area contributed by atoms with Crippen molar-refractivity contribution in [3.63, 3.8) is 0 Å². The number of hydrogen-bond donors (Lipinski definition) is 0. The zero-order chi connectivity index (χ0) is 19.7. The van der Waals surface area contributed by atoms with Gasteiger partial charge in [0.1, 0.15) is 5.82 Å². The van der Waals surface area contributed by atoms with Gasteiger partial charge in [-0.3, -0.25) is 9.48 Å². The number of amides is 1. The molecule has 2 aromatic rings. The number of carbonyl (C=O) groups is 1. The van der Waals surface area contributed by atoms with Crippen LogP contribution in [0.5, 0.6) is 0 Å². The molecule has 1 aromatic carbocycles. The van der Waals surface area contributed by atoms with Crippen LogP contribution in [0.4, 0.5) is 10.1 Å². The van der Waals surface area contributed by atoms with Crippen LogP contribution in [0.3, 0.4) is 0 Å². The summed E-state index contributed by atoms with van der Waals surface area (Å²) in [5.41, 5.74) is 2.89. The number of anilines is 1. The molecule has 28 heavy (non-hydrogen) atoms. The molecule has 0 saturated carbocycles. The lowest BCUT2D eigenvalue weighted by Crippen LogP contribution is -2.40. The number of methoxy groups -OCH3 is 1. The molecule has 0 N–H and O–H groups in total. The molecule has 1 aromatic heterocycles. The highest BCUT2D eigenvalue weighted by Gasteiger charge is 2.31. The van der Waals surface area contributed by atoms with Crippen LogP contribution in [0, 0.1) is 5.82 Å². The van der Waals surface area contributed by atoms with Crippen LogP contribution < -0.4 is 4.90 Å². The minimum absolute atomic E-state index is 0.0101. The van der Waals surface area contributed by atoms with E-state index in [1.54, 1.807) is 13.2 Å². The van der Waals surface area contributed by atoms with Crippen molar-refractivity contribution in [3.05, 3.63) is 46.5 Å². The van der Waals surface area contributed by atoms with Crippen LogP contribution in [0.2, 0.25) is 5.02 Å². The summed E-state index contributed by atoms with van der Waals surface area (Å²) in [4.78, 5) is 17.0. The molecule has 4 rings (SSSR count). The lowest BCUT2D eigenvalue weighted by atomic mass is 10.1. The van der Waals surface area contributed by atoms with Gasteiger partial charge in [-0.15, -0.1) is 0 Å². The molecule has 2 aliphatic heterocycles. The Morgan fingerprint density at radius 1 is 1.36 bits per heavy atom. The third-order valence-corrected chi connectivity index (χ3v) is 5.88. The maximum Gasteiger partial charge on any atom is 0.227 e. The van der Waals surface area contributed by atoms with Gasteiger partial charge < -0.3 is 14.5 Å². The molecule has 0 spiro atoms. The second-order valence-corrected chi connectivity index (χ2v) is 7.79. The summed E-state index contributed by atoms with van der Waals surface area (Å²) in [7, 11) is 1.73. The van der Waals surface area contributed by atoms with Crippen molar-refractivity contribution in [1.82, 2.24) is 14.7 Å². The zero-order valence-corrected chi connectivity index (χ0v) is 16.7. The van der Waals surface area contributed by atoms with Gasteiger partial charge in [-0.2, -0.15) is 5.10 Å². The second kappa shape index (κ2) is 8.09. The smallest absolute Gasteiger partial charge is 0.227 e. The van der Waals surface area contributed by atoms with Crippen LogP contribution in [-0.2, 0) is 29.0 Å². The molecule has 2 aliphatic rings. The van der Waals surface area contributed by atoms with Crippen LogP contribution in [0.15, 0.2) is 24.4 Å². The van der Waals surface area contributed by atoms with E-state index < -0.39 is 5.82 Å². The van der Waals surface area contributed by atoms with E-state index in [2.05, 4.69) is 10.00 Å². The monoisotopic (exact) mass is 406 g/mol. The van der Waals surface area contributed by atoms with Crippen molar-refractivity contribution in [3.8, 4) is 0 Å². The number of fused-ring (bicyclic) bond motifs is 1. The summed E-state index contributed by atoms with van der Waals surface area (Å²) in [6, 6.07) is 4.79. The van der Waals surface area contributed by atoms with Crippen molar-refractivity contribution in [2.24, 2.45) is 0 Å². The van der Waals surface area contributed by atoms with E-state index in [0.717, 1.165) is 36.3 Å². The van der Waals surface area contributed by atoms with Gasteiger partial charge in [-0.25, -0.2) is 4.39 Å². The molecule has 1 fully saturated rings. The predicted octanol–water partition coefficient (Wildman–Crippen LogP) is 2.88. The van der Waals surface area contributed by atoms with Gasteiger partial charge in [0.05, 0.1) is 54.8 Å².